The van der Waals surface area contributed by atoms with E-state index in [9.17, 15) is 18.3 Å². The second kappa shape index (κ2) is 10.1. The van der Waals surface area contributed by atoms with Crippen molar-refractivity contribution in [2.45, 2.75) is 37.6 Å². The van der Waals surface area contributed by atoms with Crippen molar-refractivity contribution in [1.82, 2.24) is 14.9 Å². The fourth-order valence-corrected chi connectivity index (χ4v) is 4.12. The molecule has 0 aromatic carbocycles. The molecule has 1 unspecified atom stereocenters. The zero-order valence-electron chi connectivity index (χ0n) is 17.0. The molecule has 0 saturated carbocycles. The smallest absolute Gasteiger partial charge is 0.412 e. The number of sulfone groups is 1. The van der Waals surface area contributed by atoms with Gasteiger partial charge in [-0.3, -0.25) is 10.2 Å². The van der Waals surface area contributed by atoms with Gasteiger partial charge in [0.2, 0.25) is 0 Å². The summed E-state index contributed by atoms with van der Waals surface area (Å²) in [4.78, 5) is 22.2. The number of ether oxygens (including phenoxy) is 2. The number of carbonyl (C=O) groups excluding carboxylic acids is 1. The quantitative estimate of drug-likeness (QED) is 0.489. The number of anilines is 1. The first kappa shape index (κ1) is 23.6. The molecule has 1 amide bonds. The molecule has 168 valence electrons. The SMILES string of the molecule is CCOC(=O)Nc1nc(CN2CCCC2O)c(Oc2ccc(S(C)(=O)=O)nc2)cc1I. The lowest BCUT2D eigenvalue weighted by atomic mass is 10.3. The van der Waals surface area contributed by atoms with E-state index in [4.69, 9.17) is 9.47 Å². The molecule has 2 aromatic heterocycles. The molecule has 2 N–H and O–H groups in total. The number of pyridine rings is 2. The molecule has 1 fully saturated rings. The number of hydrogen-bond acceptors (Lipinski definition) is 9. The highest BCUT2D eigenvalue weighted by atomic mass is 127. The third-order valence-corrected chi connectivity index (χ3v) is 6.33. The zero-order chi connectivity index (χ0) is 22.6. The van der Waals surface area contributed by atoms with Gasteiger partial charge in [0, 0.05) is 19.3 Å². The third kappa shape index (κ3) is 6.24. The van der Waals surface area contributed by atoms with Gasteiger partial charge in [-0.15, -0.1) is 0 Å². The summed E-state index contributed by atoms with van der Waals surface area (Å²) in [5, 5.41) is 12.7. The van der Waals surface area contributed by atoms with Gasteiger partial charge in [-0.25, -0.2) is 23.2 Å². The molecule has 1 aliphatic heterocycles. The van der Waals surface area contributed by atoms with Crippen LogP contribution in [0.1, 0.15) is 25.5 Å². The summed E-state index contributed by atoms with van der Waals surface area (Å²) in [5.74, 6) is 1.06. The summed E-state index contributed by atoms with van der Waals surface area (Å²) in [7, 11) is -3.42. The molecule has 12 heteroatoms. The molecule has 0 radical (unpaired) electrons. The van der Waals surface area contributed by atoms with E-state index in [2.05, 4.69) is 15.3 Å². The molecule has 3 rings (SSSR count). The number of nitrogens with zero attached hydrogens (tertiary/aromatic N) is 3. The van der Waals surface area contributed by atoms with E-state index in [1.807, 2.05) is 27.5 Å². The van der Waals surface area contributed by atoms with Crippen LogP contribution < -0.4 is 10.1 Å². The van der Waals surface area contributed by atoms with Crippen LogP contribution in [0, 0.1) is 3.57 Å². The number of aliphatic hydroxyl groups excluding tert-OH is 1. The third-order valence-electron chi connectivity index (χ3n) is 4.51. The number of likely N-dealkylation sites (tertiary alicyclic amines) is 1. The van der Waals surface area contributed by atoms with Crippen molar-refractivity contribution in [3.05, 3.63) is 33.7 Å². The van der Waals surface area contributed by atoms with E-state index in [1.165, 1.54) is 18.3 Å². The van der Waals surface area contributed by atoms with Crippen molar-refractivity contribution in [3.8, 4) is 11.5 Å². The molecular weight excluding hydrogens is 539 g/mol. The Morgan fingerprint density at radius 2 is 2.19 bits per heavy atom. The fraction of sp³-hybridized carbons (Fsp3) is 0.421. The molecule has 3 heterocycles. The van der Waals surface area contributed by atoms with Crippen LogP contribution in [-0.4, -0.2) is 60.1 Å². The van der Waals surface area contributed by atoms with Crippen molar-refractivity contribution in [1.29, 1.82) is 0 Å². The van der Waals surface area contributed by atoms with Crippen molar-refractivity contribution < 1.29 is 27.8 Å². The Bertz CT molecular complexity index is 1050. The zero-order valence-corrected chi connectivity index (χ0v) is 20.0. The van der Waals surface area contributed by atoms with Crippen molar-refractivity contribution in [2.24, 2.45) is 0 Å². The summed E-state index contributed by atoms with van der Waals surface area (Å²) in [6.45, 7) is 2.95. The molecular formula is C19H23IN4O6S. The van der Waals surface area contributed by atoms with Crippen molar-refractivity contribution >= 4 is 44.3 Å². The Morgan fingerprint density at radius 3 is 2.77 bits per heavy atom. The number of amides is 1. The van der Waals surface area contributed by atoms with E-state index in [0.717, 1.165) is 12.7 Å². The minimum Gasteiger partial charge on any atom is -0.454 e. The van der Waals surface area contributed by atoms with Crippen LogP contribution in [-0.2, 0) is 21.1 Å². The molecule has 31 heavy (non-hydrogen) atoms. The summed E-state index contributed by atoms with van der Waals surface area (Å²) in [5.41, 5.74) is 0.500. The predicted octanol–water partition coefficient (Wildman–Crippen LogP) is 2.76. The standard InChI is InChI=1S/C19H23IN4O6S/c1-3-29-19(26)23-18-13(20)9-15(14(22-18)11-24-8-4-5-17(24)25)30-12-6-7-16(21-10-12)31(2,27)28/h6-7,9-10,17,25H,3-5,8,11H2,1-2H3,(H,22,23,26). The minimum atomic E-state index is -3.42. The van der Waals surface area contributed by atoms with Gasteiger partial charge in [0.25, 0.3) is 0 Å². The number of hydrogen-bond donors (Lipinski definition) is 2. The first-order valence-electron chi connectivity index (χ1n) is 9.56. The largest absolute Gasteiger partial charge is 0.454 e. The second-order valence-electron chi connectivity index (χ2n) is 6.91. The van der Waals surface area contributed by atoms with E-state index in [-0.39, 0.29) is 11.6 Å². The normalized spacial score (nSPS) is 16.8. The van der Waals surface area contributed by atoms with E-state index >= 15 is 0 Å². The maximum absolute atomic E-state index is 11.8. The average molecular weight is 562 g/mol. The highest BCUT2D eigenvalue weighted by Gasteiger charge is 2.25. The van der Waals surface area contributed by atoms with Gasteiger partial charge in [0.15, 0.2) is 20.6 Å². The Kier molecular flexibility index (Phi) is 7.67. The van der Waals surface area contributed by atoms with Crippen LogP contribution in [0.4, 0.5) is 10.6 Å². The van der Waals surface area contributed by atoms with Gasteiger partial charge in [0.05, 0.1) is 22.1 Å². The lowest BCUT2D eigenvalue weighted by Crippen LogP contribution is -2.29. The first-order chi connectivity index (χ1) is 14.7. The lowest BCUT2D eigenvalue weighted by molar-refractivity contribution is 0.0316. The van der Waals surface area contributed by atoms with Crippen LogP contribution in [0.2, 0.25) is 0 Å². The average Bonchev–Trinajstić information content (AvgIpc) is 3.10. The predicted molar refractivity (Wildman–Crippen MR) is 121 cm³/mol. The molecule has 2 aromatic rings. The van der Waals surface area contributed by atoms with Gasteiger partial charge in [0.1, 0.15) is 17.8 Å². The molecule has 10 nitrogen and oxygen atoms in total. The topological polar surface area (TPSA) is 131 Å². The number of nitrogens with one attached hydrogen (secondary N) is 1. The molecule has 0 aliphatic carbocycles. The van der Waals surface area contributed by atoms with Crippen LogP contribution in [0.25, 0.3) is 0 Å². The lowest BCUT2D eigenvalue weighted by Gasteiger charge is -2.21. The first-order valence-corrected chi connectivity index (χ1v) is 12.5. The number of carbonyl (C=O) groups is 1. The van der Waals surface area contributed by atoms with Gasteiger partial charge in [-0.2, -0.15) is 0 Å². The van der Waals surface area contributed by atoms with Gasteiger partial charge in [-0.1, -0.05) is 0 Å². The number of rotatable bonds is 7. The summed E-state index contributed by atoms with van der Waals surface area (Å²) in [6.07, 6.45) is 2.75. The highest BCUT2D eigenvalue weighted by molar-refractivity contribution is 14.1. The summed E-state index contributed by atoms with van der Waals surface area (Å²) < 4.78 is 34.7. The maximum atomic E-state index is 11.8. The monoisotopic (exact) mass is 562 g/mol. The van der Waals surface area contributed by atoms with Crippen LogP contribution in [0.3, 0.4) is 0 Å². The summed E-state index contributed by atoms with van der Waals surface area (Å²) in [6, 6.07) is 4.58. The Hall–Kier alpha value is -2.03. The fourth-order valence-electron chi connectivity index (χ4n) is 3.02. The minimum absolute atomic E-state index is 0.0537. The highest BCUT2D eigenvalue weighted by Crippen LogP contribution is 2.31. The van der Waals surface area contributed by atoms with Gasteiger partial charge < -0.3 is 14.6 Å². The van der Waals surface area contributed by atoms with Gasteiger partial charge >= 0.3 is 6.09 Å². The number of aromatic nitrogens is 2. The van der Waals surface area contributed by atoms with E-state index in [0.29, 0.717) is 46.1 Å². The van der Waals surface area contributed by atoms with Crippen molar-refractivity contribution in [3.63, 3.8) is 0 Å². The van der Waals surface area contributed by atoms with Crippen LogP contribution in [0.5, 0.6) is 11.5 Å². The summed E-state index contributed by atoms with van der Waals surface area (Å²) >= 11 is 2.02. The van der Waals surface area contributed by atoms with Crippen molar-refractivity contribution in [2.75, 3.05) is 24.7 Å². The molecule has 0 bridgehead atoms. The molecule has 0 spiro atoms. The maximum Gasteiger partial charge on any atom is 0.412 e. The van der Waals surface area contributed by atoms with Crippen LogP contribution >= 0.6 is 22.6 Å². The Labute approximate surface area is 194 Å². The number of halogens is 1. The van der Waals surface area contributed by atoms with E-state index < -0.39 is 22.2 Å². The Balaban J connectivity index is 1.91. The van der Waals surface area contributed by atoms with E-state index in [1.54, 1.807) is 13.0 Å². The van der Waals surface area contributed by atoms with Gasteiger partial charge in [-0.05, 0) is 60.6 Å². The Morgan fingerprint density at radius 1 is 1.42 bits per heavy atom. The molecule has 1 aliphatic rings. The second-order valence-corrected chi connectivity index (χ2v) is 10.0. The van der Waals surface area contributed by atoms with Crippen LogP contribution in [0.15, 0.2) is 29.4 Å². The molecule has 1 saturated heterocycles. The molecule has 1 atom stereocenters. The number of aliphatic hydroxyl groups is 1.